The highest BCUT2D eigenvalue weighted by atomic mass is 16.5. The van der Waals surface area contributed by atoms with E-state index in [1.807, 2.05) is 60.7 Å². The largest absolute Gasteiger partial charge is 0.488 e. The smallest absolute Gasteiger partial charge is 0.336 e. The molecule has 1 heterocycles. The lowest BCUT2D eigenvalue weighted by molar-refractivity contribution is 0.0697. The molecule has 0 aliphatic heterocycles. The van der Waals surface area contributed by atoms with Gasteiger partial charge < -0.3 is 9.84 Å². The minimum atomic E-state index is -0.974. The first-order valence-corrected chi connectivity index (χ1v) is 8.86. The molecule has 5 nitrogen and oxygen atoms in total. The van der Waals surface area contributed by atoms with Crippen molar-refractivity contribution >= 4 is 5.97 Å². The molecule has 1 aromatic heterocycles. The molecule has 138 valence electrons. The molecule has 0 bridgehead atoms. The second kappa shape index (κ2) is 7.80. The third-order valence-electron chi connectivity index (χ3n) is 4.43. The van der Waals surface area contributed by atoms with Crippen LogP contribution in [-0.2, 0) is 6.61 Å². The number of ether oxygens (including phenoxy) is 1. The van der Waals surface area contributed by atoms with Crippen LogP contribution in [0.15, 0.2) is 84.9 Å². The van der Waals surface area contributed by atoms with Crippen LogP contribution < -0.4 is 4.74 Å². The van der Waals surface area contributed by atoms with E-state index in [9.17, 15) is 9.90 Å². The van der Waals surface area contributed by atoms with Gasteiger partial charge in [0, 0.05) is 11.1 Å². The molecule has 0 spiro atoms. The quantitative estimate of drug-likeness (QED) is 0.500. The fourth-order valence-electron chi connectivity index (χ4n) is 3.04. The van der Waals surface area contributed by atoms with Crippen molar-refractivity contribution in [2.75, 3.05) is 0 Å². The van der Waals surface area contributed by atoms with Crippen molar-refractivity contribution in [2.24, 2.45) is 0 Å². The molecule has 0 aliphatic rings. The van der Waals surface area contributed by atoms with Gasteiger partial charge >= 0.3 is 5.97 Å². The molecule has 0 saturated carbocycles. The Kier molecular flexibility index (Phi) is 4.89. The van der Waals surface area contributed by atoms with Crippen LogP contribution in [0.4, 0.5) is 0 Å². The first kappa shape index (κ1) is 17.5. The summed E-state index contributed by atoms with van der Waals surface area (Å²) in [6.45, 7) is 0.455. The summed E-state index contributed by atoms with van der Waals surface area (Å²) < 4.78 is 6.01. The second-order valence-electron chi connectivity index (χ2n) is 6.29. The van der Waals surface area contributed by atoms with Crippen molar-refractivity contribution < 1.29 is 14.6 Å². The summed E-state index contributed by atoms with van der Waals surface area (Å²) in [5.74, 6) is -0.255. The van der Waals surface area contributed by atoms with Crippen LogP contribution in [0.25, 0.3) is 22.5 Å². The summed E-state index contributed by atoms with van der Waals surface area (Å²) >= 11 is 0. The van der Waals surface area contributed by atoms with Crippen LogP contribution in [0.2, 0.25) is 0 Å². The van der Waals surface area contributed by atoms with E-state index >= 15 is 0 Å². The van der Waals surface area contributed by atoms with Crippen LogP contribution >= 0.6 is 0 Å². The molecule has 0 atom stereocenters. The molecule has 0 unspecified atom stereocenters. The normalized spacial score (nSPS) is 10.6. The van der Waals surface area contributed by atoms with E-state index in [-0.39, 0.29) is 5.56 Å². The molecule has 0 amide bonds. The van der Waals surface area contributed by atoms with Crippen molar-refractivity contribution in [1.29, 1.82) is 0 Å². The number of aromatic nitrogens is 2. The van der Waals surface area contributed by atoms with Gasteiger partial charge in [-0.15, -0.1) is 0 Å². The molecule has 3 aromatic carbocycles. The van der Waals surface area contributed by atoms with Crippen molar-refractivity contribution in [1.82, 2.24) is 10.2 Å². The zero-order valence-electron chi connectivity index (χ0n) is 15.0. The highest BCUT2D eigenvalue weighted by molar-refractivity contribution is 5.95. The fourth-order valence-corrected chi connectivity index (χ4v) is 3.04. The Labute approximate surface area is 162 Å². The third kappa shape index (κ3) is 3.64. The van der Waals surface area contributed by atoms with E-state index in [1.54, 1.807) is 24.3 Å². The molecule has 5 heteroatoms. The highest BCUT2D eigenvalue weighted by Gasteiger charge is 2.15. The monoisotopic (exact) mass is 370 g/mol. The Balaban J connectivity index is 1.64. The average Bonchev–Trinajstić information content (AvgIpc) is 3.23. The lowest BCUT2D eigenvalue weighted by Gasteiger charge is -2.10. The first-order chi connectivity index (χ1) is 13.7. The van der Waals surface area contributed by atoms with Crippen LogP contribution in [0.5, 0.6) is 5.75 Å². The topological polar surface area (TPSA) is 75.2 Å². The Bertz CT molecular complexity index is 1100. The van der Waals surface area contributed by atoms with Crippen molar-refractivity contribution in [3.05, 3.63) is 96.1 Å². The van der Waals surface area contributed by atoms with Crippen molar-refractivity contribution in [3.8, 4) is 28.3 Å². The lowest BCUT2D eigenvalue weighted by Crippen LogP contribution is -1.99. The predicted octanol–water partition coefficient (Wildman–Crippen LogP) is 5.02. The number of carboxylic acids is 1. The van der Waals surface area contributed by atoms with E-state index in [1.165, 1.54) is 0 Å². The number of rotatable bonds is 6. The molecular formula is C23H18N2O3. The Morgan fingerprint density at radius 1 is 0.893 bits per heavy atom. The number of aromatic amines is 1. The van der Waals surface area contributed by atoms with Gasteiger partial charge in [0.25, 0.3) is 0 Å². The Morgan fingerprint density at radius 3 is 2.36 bits per heavy atom. The number of para-hydroxylation sites is 1. The molecule has 4 aromatic rings. The van der Waals surface area contributed by atoms with Gasteiger partial charge in [0.15, 0.2) is 0 Å². The van der Waals surface area contributed by atoms with Gasteiger partial charge in [-0.2, -0.15) is 5.10 Å². The average molecular weight is 370 g/mol. The number of carbonyl (C=O) groups is 1. The van der Waals surface area contributed by atoms with Gasteiger partial charge in [0.2, 0.25) is 0 Å². The summed E-state index contributed by atoms with van der Waals surface area (Å²) in [6, 6.07) is 26.3. The Morgan fingerprint density at radius 2 is 1.57 bits per heavy atom. The van der Waals surface area contributed by atoms with Gasteiger partial charge in [0.05, 0.1) is 17.0 Å². The van der Waals surface area contributed by atoms with Crippen LogP contribution in [0.1, 0.15) is 15.9 Å². The van der Waals surface area contributed by atoms with E-state index in [0.717, 1.165) is 16.9 Å². The molecular weight excluding hydrogens is 352 g/mol. The zero-order chi connectivity index (χ0) is 19.3. The van der Waals surface area contributed by atoms with E-state index in [0.29, 0.717) is 23.6 Å². The maximum atomic E-state index is 11.5. The van der Waals surface area contributed by atoms with Crippen molar-refractivity contribution in [3.63, 3.8) is 0 Å². The second-order valence-corrected chi connectivity index (χ2v) is 6.29. The van der Waals surface area contributed by atoms with Gasteiger partial charge in [-0.05, 0) is 29.8 Å². The molecule has 2 N–H and O–H groups in total. The summed E-state index contributed by atoms with van der Waals surface area (Å²) in [5, 5.41) is 16.7. The van der Waals surface area contributed by atoms with Crippen LogP contribution in [0.3, 0.4) is 0 Å². The molecule has 0 fully saturated rings. The minimum absolute atomic E-state index is 0.228. The predicted molar refractivity (Wildman–Crippen MR) is 107 cm³/mol. The third-order valence-corrected chi connectivity index (χ3v) is 4.43. The van der Waals surface area contributed by atoms with Crippen LogP contribution in [-0.4, -0.2) is 21.3 Å². The van der Waals surface area contributed by atoms with E-state index in [4.69, 9.17) is 4.74 Å². The zero-order valence-corrected chi connectivity index (χ0v) is 15.0. The number of hydrogen-bond acceptors (Lipinski definition) is 3. The summed E-state index contributed by atoms with van der Waals surface area (Å²) in [4.78, 5) is 11.5. The van der Waals surface area contributed by atoms with Gasteiger partial charge in [-0.25, -0.2) is 4.79 Å². The molecule has 4 rings (SSSR count). The number of benzene rings is 3. The Hall–Kier alpha value is -3.86. The SMILES string of the molecule is O=C(O)c1ccccc1-c1cc(-c2ccccc2OCc2ccccc2)n[nH]1. The minimum Gasteiger partial charge on any atom is -0.488 e. The van der Waals surface area contributed by atoms with Crippen LogP contribution in [0, 0.1) is 0 Å². The lowest BCUT2D eigenvalue weighted by atomic mass is 10.0. The molecule has 0 radical (unpaired) electrons. The number of hydrogen-bond donors (Lipinski definition) is 2. The van der Waals surface area contributed by atoms with Gasteiger partial charge in [-0.3, -0.25) is 5.10 Å². The molecule has 0 aliphatic carbocycles. The number of aromatic carboxylic acids is 1. The number of carboxylic acid groups (broad SMARTS) is 1. The van der Waals surface area contributed by atoms with Gasteiger partial charge in [-0.1, -0.05) is 60.7 Å². The number of H-pyrrole nitrogens is 1. The van der Waals surface area contributed by atoms with Crippen molar-refractivity contribution in [2.45, 2.75) is 6.61 Å². The first-order valence-electron chi connectivity index (χ1n) is 8.86. The maximum absolute atomic E-state index is 11.5. The summed E-state index contributed by atoms with van der Waals surface area (Å²) in [6.07, 6.45) is 0. The summed E-state index contributed by atoms with van der Waals surface area (Å²) in [7, 11) is 0. The van der Waals surface area contributed by atoms with E-state index < -0.39 is 5.97 Å². The maximum Gasteiger partial charge on any atom is 0.336 e. The number of nitrogens with one attached hydrogen (secondary N) is 1. The van der Waals surface area contributed by atoms with E-state index in [2.05, 4.69) is 10.2 Å². The molecule has 28 heavy (non-hydrogen) atoms. The number of nitrogens with zero attached hydrogens (tertiary/aromatic N) is 1. The highest BCUT2D eigenvalue weighted by Crippen LogP contribution is 2.32. The standard InChI is InChI=1S/C23H18N2O3/c26-23(27)18-11-5-4-10-17(18)20-14-21(25-24-20)19-12-6-7-13-22(19)28-15-16-8-2-1-3-9-16/h1-14H,15H2,(H,24,25)(H,26,27). The molecule has 0 saturated heterocycles. The van der Waals surface area contributed by atoms with Gasteiger partial charge in [0.1, 0.15) is 12.4 Å². The fraction of sp³-hybridized carbons (Fsp3) is 0.0435. The summed E-state index contributed by atoms with van der Waals surface area (Å²) in [5.41, 5.74) is 4.08.